The van der Waals surface area contributed by atoms with Crippen molar-refractivity contribution in [3.8, 4) is 5.88 Å². The molecule has 8 heteroatoms. The van der Waals surface area contributed by atoms with Gasteiger partial charge in [0.25, 0.3) is 5.91 Å². The molecule has 3 N–H and O–H groups in total. The molecule has 0 unspecified atom stereocenters. The van der Waals surface area contributed by atoms with Gasteiger partial charge in [-0.05, 0) is 12.2 Å². The van der Waals surface area contributed by atoms with Crippen LogP contribution in [-0.2, 0) is 11.8 Å². The van der Waals surface area contributed by atoms with E-state index >= 15 is 0 Å². The Morgan fingerprint density at radius 1 is 1.21 bits per heavy atom. The van der Waals surface area contributed by atoms with E-state index < -0.39 is 17.6 Å². The molecule has 2 heterocycles. The standard InChI is InChI=1S/C11H12N4O4/c1-14-8(16)6(12-10(14)18)4-3-5-7-9(17)15(2)11(19)13-7/h3-5,16H,1-2H3,(H,12,18)(H,13,19)/b4-3+,7-5+. The summed E-state index contributed by atoms with van der Waals surface area (Å²) in [4.78, 5) is 37.3. The van der Waals surface area contributed by atoms with Crippen molar-refractivity contribution in [2.75, 3.05) is 7.05 Å². The molecule has 2 rings (SSSR count). The third-order valence-electron chi connectivity index (χ3n) is 2.71. The van der Waals surface area contributed by atoms with Crippen LogP contribution in [-0.4, -0.2) is 38.5 Å². The molecule has 0 bridgehead atoms. The maximum atomic E-state index is 11.5. The van der Waals surface area contributed by atoms with Crippen LogP contribution < -0.4 is 11.0 Å². The topological polar surface area (TPSA) is 107 Å². The van der Waals surface area contributed by atoms with Gasteiger partial charge in [0.05, 0.1) is 0 Å². The Morgan fingerprint density at radius 2 is 1.89 bits per heavy atom. The van der Waals surface area contributed by atoms with Crippen LogP contribution in [0.1, 0.15) is 5.69 Å². The fourth-order valence-electron chi connectivity index (χ4n) is 1.53. The minimum Gasteiger partial charge on any atom is -0.493 e. The van der Waals surface area contributed by atoms with Gasteiger partial charge in [-0.25, -0.2) is 9.59 Å². The van der Waals surface area contributed by atoms with Gasteiger partial charge in [-0.1, -0.05) is 6.08 Å². The molecule has 100 valence electrons. The first kappa shape index (κ1) is 12.7. The number of imidazole rings is 1. The molecule has 1 aliphatic rings. The minimum atomic E-state index is -0.499. The van der Waals surface area contributed by atoms with Gasteiger partial charge in [-0.2, -0.15) is 0 Å². The summed E-state index contributed by atoms with van der Waals surface area (Å²) in [6.07, 6.45) is 4.24. The Morgan fingerprint density at radius 3 is 2.37 bits per heavy atom. The predicted molar refractivity (Wildman–Crippen MR) is 66.1 cm³/mol. The number of nitrogens with zero attached hydrogens (tertiary/aromatic N) is 2. The fourth-order valence-corrected chi connectivity index (χ4v) is 1.53. The van der Waals surface area contributed by atoms with Gasteiger partial charge in [-0.3, -0.25) is 14.3 Å². The largest absolute Gasteiger partial charge is 0.493 e. The summed E-state index contributed by atoms with van der Waals surface area (Å²) < 4.78 is 1.04. The highest BCUT2D eigenvalue weighted by Gasteiger charge is 2.29. The highest BCUT2D eigenvalue weighted by Crippen LogP contribution is 2.13. The fraction of sp³-hybridized carbons (Fsp3) is 0.182. The van der Waals surface area contributed by atoms with Crippen LogP contribution >= 0.6 is 0 Å². The first-order valence-corrected chi connectivity index (χ1v) is 5.37. The Balaban J connectivity index is 2.21. The highest BCUT2D eigenvalue weighted by atomic mass is 16.3. The molecule has 0 radical (unpaired) electrons. The van der Waals surface area contributed by atoms with Gasteiger partial charge in [0, 0.05) is 14.1 Å². The number of carbonyl (C=O) groups excluding carboxylic acids is 2. The third-order valence-corrected chi connectivity index (χ3v) is 2.71. The SMILES string of the molecule is CN1C(=O)N/C(=C/C=C/c2[nH]c(=O)n(C)c2O)C1=O. The maximum Gasteiger partial charge on any atom is 0.328 e. The number of aromatic amines is 1. The third kappa shape index (κ3) is 2.15. The number of rotatable bonds is 2. The monoisotopic (exact) mass is 264 g/mol. The summed E-state index contributed by atoms with van der Waals surface area (Å²) in [6.45, 7) is 0. The van der Waals surface area contributed by atoms with E-state index in [0.29, 0.717) is 0 Å². The Hall–Kier alpha value is -2.77. The van der Waals surface area contributed by atoms with Crippen LogP contribution in [0.3, 0.4) is 0 Å². The lowest BCUT2D eigenvalue weighted by atomic mass is 10.3. The summed E-state index contributed by atoms with van der Waals surface area (Å²) in [6, 6.07) is -0.499. The van der Waals surface area contributed by atoms with E-state index in [1.807, 2.05) is 0 Å². The number of likely N-dealkylation sites (N-methyl/N-ethyl adjacent to an activating group) is 1. The van der Waals surface area contributed by atoms with Crippen LogP contribution in [0.2, 0.25) is 0 Å². The lowest BCUT2D eigenvalue weighted by molar-refractivity contribution is -0.122. The molecule has 3 amide bonds. The van der Waals surface area contributed by atoms with Crippen LogP contribution in [0.25, 0.3) is 6.08 Å². The lowest BCUT2D eigenvalue weighted by Gasteiger charge is -1.99. The van der Waals surface area contributed by atoms with Crippen molar-refractivity contribution in [3.63, 3.8) is 0 Å². The molecule has 19 heavy (non-hydrogen) atoms. The quantitative estimate of drug-likeness (QED) is 0.494. The van der Waals surface area contributed by atoms with Crippen molar-refractivity contribution in [1.82, 2.24) is 19.8 Å². The summed E-state index contributed by atoms with van der Waals surface area (Å²) in [5, 5.41) is 11.9. The number of aromatic hydroxyl groups is 1. The molecule has 0 aromatic carbocycles. The summed E-state index contributed by atoms with van der Waals surface area (Å²) in [7, 11) is 2.78. The molecular formula is C11H12N4O4. The second-order valence-corrected chi connectivity index (χ2v) is 3.96. The number of nitrogens with one attached hydrogen (secondary N) is 2. The number of hydrogen-bond donors (Lipinski definition) is 3. The summed E-state index contributed by atoms with van der Waals surface area (Å²) in [5.41, 5.74) is -0.106. The van der Waals surface area contributed by atoms with Crippen molar-refractivity contribution >= 4 is 18.0 Å². The van der Waals surface area contributed by atoms with E-state index in [1.165, 1.54) is 32.3 Å². The molecule has 1 aromatic rings. The van der Waals surface area contributed by atoms with Crippen molar-refractivity contribution in [2.45, 2.75) is 0 Å². The average molecular weight is 264 g/mol. The summed E-state index contributed by atoms with van der Waals surface area (Å²) >= 11 is 0. The van der Waals surface area contributed by atoms with Crippen molar-refractivity contribution in [2.24, 2.45) is 7.05 Å². The molecule has 1 aromatic heterocycles. The normalized spacial score (nSPS) is 17.8. The Kier molecular flexibility index (Phi) is 2.99. The number of amides is 3. The molecule has 0 saturated carbocycles. The number of H-pyrrole nitrogens is 1. The molecule has 0 atom stereocenters. The van der Waals surface area contributed by atoms with Gasteiger partial charge in [0.2, 0.25) is 5.88 Å². The van der Waals surface area contributed by atoms with Gasteiger partial charge in [-0.15, -0.1) is 0 Å². The second kappa shape index (κ2) is 4.48. The smallest absolute Gasteiger partial charge is 0.328 e. The van der Waals surface area contributed by atoms with E-state index in [1.54, 1.807) is 0 Å². The van der Waals surface area contributed by atoms with Gasteiger partial charge in [0.15, 0.2) is 0 Å². The second-order valence-electron chi connectivity index (χ2n) is 3.96. The maximum absolute atomic E-state index is 11.5. The summed E-state index contributed by atoms with van der Waals surface area (Å²) in [5.74, 6) is -0.654. The molecule has 1 aliphatic heterocycles. The Labute approximate surface area is 107 Å². The zero-order valence-electron chi connectivity index (χ0n) is 10.3. The number of allylic oxidation sites excluding steroid dienone is 2. The van der Waals surface area contributed by atoms with E-state index in [-0.39, 0.29) is 17.3 Å². The molecule has 8 nitrogen and oxygen atoms in total. The number of carbonyl (C=O) groups is 2. The van der Waals surface area contributed by atoms with Gasteiger partial charge < -0.3 is 15.4 Å². The van der Waals surface area contributed by atoms with Gasteiger partial charge >= 0.3 is 11.7 Å². The molecular weight excluding hydrogens is 252 g/mol. The van der Waals surface area contributed by atoms with E-state index in [9.17, 15) is 19.5 Å². The minimum absolute atomic E-state index is 0.126. The first-order chi connectivity index (χ1) is 8.91. The van der Waals surface area contributed by atoms with Crippen LogP contribution in [0, 0.1) is 0 Å². The predicted octanol–water partition coefficient (Wildman–Crippen LogP) is -0.502. The molecule has 0 spiro atoms. The molecule has 0 aliphatic carbocycles. The number of hydrogen-bond acceptors (Lipinski definition) is 4. The average Bonchev–Trinajstić information content (AvgIpc) is 2.76. The lowest BCUT2D eigenvalue weighted by Crippen LogP contribution is -2.25. The van der Waals surface area contributed by atoms with E-state index in [0.717, 1.165) is 9.47 Å². The number of imide groups is 1. The number of aromatic nitrogens is 2. The Bertz CT molecular complexity index is 665. The molecule has 1 fully saturated rings. The highest BCUT2D eigenvalue weighted by molar-refractivity contribution is 6.11. The van der Waals surface area contributed by atoms with Crippen LogP contribution in [0.4, 0.5) is 4.79 Å². The van der Waals surface area contributed by atoms with E-state index in [4.69, 9.17) is 0 Å². The first-order valence-electron chi connectivity index (χ1n) is 5.37. The van der Waals surface area contributed by atoms with Crippen LogP contribution in [0.15, 0.2) is 22.6 Å². The zero-order valence-corrected chi connectivity index (χ0v) is 10.3. The van der Waals surface area contributed by atoms with Crippen molar-refractivity contribution in [1.29, 1.82) is 0 Å². The van der Waals surface area contributed by atoms with Gasteiger partial charge in [0.1, 0.15) is 11.4 Å². The molecule has 1 saturated heterocycles. The van der Waals surface area contributed by atoms with Crippen LogP contribution in [0.5, 0.6) is 5.88 Å². The van der Waals surface area contributed by atoms with Crippen molar-refractivity contribution < 1.29 is 14.7 Å². The zero-order chi connectivity index (χ0) is 14.2. The van der Waals surface area contributed by atoms with E-state index in [2.05, 4.69) is 10.3 Å². The number of urea groups is 1. The van der Waals surface area contributed by atoms with Crippen molar-refractivity contribution in [3.05, 3.63) is 34.0 Å².